The first kappa shape index (κ1) is 14.9. The van der Waals surface area contributed by atoms with Crippen LogP contribution in [0.2, 0.25) is 0 Å². The van der Waals surface area contributed by atoms with Gasteiger partial charge in [0.1, 0.15) is 0 Å². The second kappa shape index (κ2) is 6.31. The summed E-state index contributed by atoms with van der Waals surface area (Å²) in [5.74, 6) is 5.81. The van der Waals surface area contributed by atoms with Crippen LogP contribution in [0.5, 0.6) is 0 Å². The van der Waals surface area contributed by atoms with Crippen molar-refractivity contribution in [3.63, 3.8) is 0 Å². The van der Waals surface area contributed by atoms with Crippen LogP contribution < -0.4 is 11.3 Å². The number of pyridine rings is 1. The van der Waals surface area contributed by atoms with Gasteiger partial charge in [-0.3, -0.25) is 16.3 Å². The fourth-order valence-corrected chi connectivity index (χ4v) is 2.88. The Morgan fingerprint density at radius 2 is 2.05 bits per heavy atom. The van der Waals surface area contributed by atoms with E-state index in [-0.39, 0.29) is 11.6 Å². The Balaban J connectivity index is 2.48. The number of ether oxygens (including phenoxy) is 1. The highest BCUT2D eigenvalue weighted by molar-refractivity contribution is 5.79. The lowest BCUT2D eigenvalue weighted by Crippen LogP contribution is -2.47. The van der Waals surface area contributed by atoms with E-state index in [1.54, 1.807) is 13.3 Å². The van der Waals surface area contributed by atoms with Crippen molar-refractivity contribution in [2.24, 2.45) is 5.84 Å². The van der Waals surface area contributed by atoms with Gasteiger partial charge >= 0.3 is 0 Å². The van der Waals surface area contributed by atoms with Crippen LogP contribution in [0, 0.1) is 0 Å². The maximum Gasteiger partial charge on any atom is 0.0880 e. The molecule has 1 heterocycles. The first-order valence-electron chi connectivity index (χ1n) is 7.06. The normalized spacial score (nSPS) is 13.6. The van der Waals surface area contributed by atoms with Crippen molar-refractivity contribution in [3.05, 3.63) is 42.1 Å². The molecule has 0 bridgehead atoms. The van der Waals surface area contributed by atoms with Crippen LogP contribution in [0.4, 0.5) is 0 Å². The summed E-state index contributed by atoms with van der Waals surface area (Å²) in [5.41, 5.74) is 4.69. The van der Waals surface area contributed by atoms with E-state index in [9.17, 15) is 0 Å². The molecule has 4 heteroatoms. The highest BCUT2D eigenvalue weighted by atomic mass is 16.5. The highest BCUT2D eigenvalue weighted by Gasteiger charge is 2.36. The molecule has 108 valence electrons. The van der Waals surface area contributed by atoms with E-state index >= 15 is 0 Å². The molecule has 1 unspecified atom stereocenters. The molecule has 0 saturated heterocycles. The van der Waals surface area contributed by atoms with Gasteiger partial charge < -0.3 is 4.74 Å². The lowest BCUT2D eigenvalue weighted by Gasteiger charge is -2.38. The summed E-state index contributed by atoms with van der Waals surface area (Å²) in [4.78, 5) is 4.41. The molecular weight excluding hydrogens is 250 g/mol. The molecule has 1 atom stereocenters. The number of rotatable bonds is 6. The van der Waals surface area contributed by atoms with Crippen LogP contribution in [-0.4, -0.2) is 17.7 Å². The number of benzene rings is 1. The van der Waals surface area contributed by atoms with Crippen LogP contribution in [-0.2, 0) is 4.74 Å². The first-order valence-corrected chi connectivity index (χ1v) is 7.06. The highest BCUT2D eigenvalue weighted by Crippen LogP contribution is 2.35. The van der Waals surface area contributed by atoms with Gasteiger partial charge in [-0.05, 0) is 30.5 Å². The maximum atomic E-state index is 5.81. The Morgan fingerprint density at radius 3 is 2.65 bits per heavy atom. The fraction of sp³-hybridized carbons (Fsp3) is 0.438. The molecule has 2 rings (SSSR count). The molecule has 0 aliphatic heterocycles. The van der Waals surface area contributed by atoms with Crippen molar-refractivity contribution in [1.82, 2.24) is 10.4 Å². The van der Waals surface area contributed by atoms with Crippen molar-refractivity contribution in [1.29, 1.82) is 0 Å². The third-order valence-electron chi connectivity index (χ3n) is 4.26. The lowest BCUT2D eigenvalue weighted by molar-refractivity contribution is -0.0486. The second-order valence-corrected chi connectivity index (χ2v) is 5.03. The molecule has 0 radical (unpaired) electrons. The predicted octanol–water partition coefficient (Wildman–Crippen LogP) is 2.94. The van der Waals surface area contributed by atoms with Crippen molar-refractivity contribution in [3.8, 4) is 0 Å². The van der Waals surface area contributed by atoms with Gasteiger partial charge in [0.2, 0.25) is 0 Å². The number of hydrazine groups is 1. The molecule has 1 aromatic heterocycles. The molecule has 0 spiro atoms. The van der Waals surface area contributed by atoms with Gasteiger partial charge in [0, 0.05) is 18.7 Å². The molecule has 0 saturated carbocycles. The summed E-state index contributed by atoms with van der Waals surface area (Å²) in [6, 6.07) is 10.2. The fourth-order valence-electron chi connectivity index (χ4n) is 2.88. The average molecular weight is 273 g/mol. The molecule has 20 heavy (non-hydrogen) atoms. The van der Waals surface area contributed by atoms with Crippen molar-refractivity contribution < 1.29 is 4.74 Å². The van der Waals surface area contributed by atoms with Crippen LogP contribution in [0.25, 0.3) is 10.9 Å². The molecule has 0 amide bonds. The van der Waals surface area contributed by atoms with E-state index in [4.69, 9.17) is 10.6 Å². The van der Waals surface area contributed by atoms with Gasteiger partial charge in [-0.2, -0.15) is 0 Å². The Bertz CT molecular complexity index is 558. The lowest BCUT2D eigenvalue weighted by atomic mass is 9.84. The number of methoxy groups -OCH3 is 1. The Kier molecular flexibility index (Phi) is 4.70. The molecule has 0 aliphatic rings. The third-order valence-corrected chi connectivity index (χ3v) is 4.26. The summed E-state index contributed by atoms with van der Waals surface area (Å²) in [5, 5.41) is 1.13. The van der Waals surface area contributed by atoms with Crippen molar-refractivity contribution >= 4 is 10.9 Å². The number of aromatic nitrogens is 1. The molecule has 1 aromatic carbocycles. The quantitative estimate of drug-likeness (QED) is 0.627. The standard InChI is InChI=1S/C16H23N3O/c1-4-16(5-2,20-3)15(19-17)13-9-8-12-7-6-10-18-14(12)11-13/h6-11,15,19H,4-5,17H2,1-3H3. The zero-order chi connectivity index (χ0) is 14.6. The van der Waals surface area contributed by atoms with E-state index < -0.39 is 0 Å². The van der Waals surface area contributed by atoms with Crippen LogP contribution >= 0.6 is 0 Å². The number of nitrogens with two attached hydrogens (primary N) is 1. The smallest absolute Gasteiger partial charge is 0.0880 e. The molecule has 2 aromatic rings. The van der Waals surface area contributed by atoms with Crippen molar-refractivity contribution in [2.75, 3.05) is 7.11 Å². The molecule has 0 fully saturated rings. The number of nitrogens with one attached hydrogen (secondary N) is 1. The average Bonchev–Trinajstić information content (AvgIpc) is 2.52. The van der Waals surface area contributed by atoms with Gasteiger partial charge in [0.15, 0.2) is 0 Å². The number of hydrogen-bond donors (Lipinski definition) is 2. The number of nitrogens with zero attached hydrogens (tertiary/aromatic N) is 1. The van der Waals surface area contributed by atoms with E-state index in [1.807, 2.05) is 6.07 Å². The predicted molar refractivity (Wildman–Crippen MR) is 82.1 cm³/mol. The van der Waals surface area contributed by atoms with Gasteiger partial charge in [-0.25, -0.2) is 0 Å². The van der Waals surface area contributed by atoms with Crippen LogP contribution in [0.15, 0.2) is 36.5 Å². The SMILES string of the molecule is CCC(CC)(OC)C(NN)c1ccc2cccnc2c1. The third kappa shape index (κ3) is 2.54. The van der Waals surface area contributed by atoms with E-state index in [0.29, 0.717) is 0 Å². The Labute approximate surface area is 120 Å². The monoisotopic (exact) mass is 273 g/mol. The number of hydrogen-bond acceptors (Lipinski definition) is 4. The summed E-state index contributed by atoms with van der Waals surface area (Å²) < 4.78 is 5.79. The van der Waals surface area contributed by atoms with E-state index in [0.717, 1.165) is 29.3 Å². The van der Waals surface area contributed by atoms with Gasteiger partial charge in [0.25, 0.3) is 0 Å². The molecule has 4 nitrogen and oxygen atoms in total. The molecular formula is C16H23N3O. The van der Waals surface area contributed by atoms with Gasteiger partial charge in [0.05, 0.1) is 17.2 Å². The molecule has 3 N–H and O–H groups in total. The van der Waals surface area contributed by atoms with Crippen LogP contribution in [0.1, 0.15) is 38.3 Å². The van der Waals surface area contributed by atoms with Crippen LogP contribution in [0.3, 0.4) is 0 Å². The van der Waals surface area contributed by atoms with Gasteiger partial charge in [-0.15, -0.1) is 0 Å². The Hall–Kier alpha value is -1.49. The van der Waals surface area contributed by atoms with E-state index in [2.05, 4.69) is 48.5 Å². The summed E-state index contributed by atoms with van der Waals surface area (Å²) >= 11 is 0. The summed E-state index contributed by atoms with van der Waals surface area (Å²) in [6.07, 6.45) is 3.57. The zero-order valence-corrected chi connectivity index (χ0v) is 12.4. The minimum Gasteiger partial charge on any atom is -0.376 e. The maximum absolute atomic E-state index is 5.81. The first-order chi connectivity index (χ1) is 9.70. The Morgan fingerprint density at radius 1 is 1.30 bits per heavy atom. The van der Waals surface area contributed by atoms with Gasteiger partial charge in [-0.1, -0.05) is 32.0 Å². The number of fused-ring (bicyclic) bond motifs is 1. The second-order valence-electron chi connectivity index (χ2n) is 5.03. The van der Waals surface area contributed by atoms with E-state index in [1.165, 1.54) is 0 Å². The zero-order valence-electron chi connectivity index (χ0n) is 12.4. The van der Waals surface area contributed by atoms with Crippen molar-refractivity contribution in [2.45, 2.75) is 38.3 Å². The topological polar surface area (TPSA) is 60.2 Å². The minimum atomic E-state index is -0.308. The largest absolute Gasteiger partial charge is 0.376 e. The summed E-state index contributed by atoms with van der Waals surface area (Å²) in [6.45, 7) is 4.24. The molecule has 0 aliphatic carbocycles. The minimum absolute atomic E-state index is 0.0612. The summed E-state index contributed by atoms with van der Waals surface area (Å²) in [7, 11) is 1.75.